The van der Waals surface area contributed by atoms with Gasteiger partial charge in [-0.2, -0.15) is 0 Å². The summed E-state index contributed by atoms with van der Waals surface area (Å²) in [5, 5.41) is 2.87. The monoisotopic (exact) mass is 324 g/mol. The largest absolute Gasteiger partial charge is 0.349 e. The molecule has 0 atom stereocenters. The second-order valence-corrected chi connectivity index (χ2v) is 5.27. The zero-order chi connectivity index (χ0) is 14.1. The highest BCUT2D eigenvalue weighted by molar-refractivity contribution is 6.30. The molecule has 7 heteroatoms. The Balaban J connectivity index is 0.00000200. The molecule has 1 fully saturated rings. The zero-order valence-electron chi connectivity index (χ0n) is 10.7. The number of nitrogens with two attached hydrogens (primary N) is 1. The van der Waals surface area contributed by atoms with Gasteiger partial charge in [0.1, 0.15) is 0 Å². The summed E-state index contributed by atoms with van der Waals surface area (Å²) >= 11 is 5.79. The molecule has 0 spiro atoms. The first kappa shape index (κ1) is 17.1. The molecule has 1 aromatic rings. The van der Waals surface area contributed by atoms with Crippen molar-refractivity contribution in [3.05, 3.63) is 34.9 Å². The van der Waals surface area contributed by atoms with E-state index in [0.29, 0.717) is 17.9 Å². The van der Waals surface area contributed by atoms with Crippen molar-refractivity contribution in [1.82, 2.24) is 5.32 Å². The third-order valence-electron chi connectivity index (χ3n) is 3.39. The Morgan fingerprint density at radius 3 is 2.35 bits per heavy atom. The van der Waals surface area contributed by atoms with Crippen LogP contribution in [-0.2, 0) is 10.2 Å². The minimum atomic E-state index is -3.06. The highest BCUT2D eigenvalue weighted by Crippen LogP contribution is 2.48. The average Bonchev–Trinajstić information content (AvgIpc) is 3.18. The molecule has 0 bridgehead atoms. The maximum atomic E-state index is 13.0. The van der Waals surface area contributed by atoms with E-state index in [9.17, 15) is 13.6 Å². The summed E-state index contributed by atoms with van der Waals surface area (Å²) in [5.41, 5.74) is 5.07. The minimum Gasteiger partial charge on any atom is -0.349 e. The summed E-state index contributed by atoms with van der Waals surface area (Å²) in [4.78, 5) is 12.1. The number of carbonyl (C=O) groups is 1. The number of hydrogen-bond acceptors (Lipinski definition) is 2. The third kappa shape index (κ3) is 3.59. The van der Waals surface area contributed by atoms with Gasteiger partial charge in [0.15, 0.2) is 0 Å². The third-order valence-corrected chi connectivity index (χ3v) is 3.64. The number of benzene rings is 1. The number of halogens is 4. The topological polar surface area (TPSA) is 55.1 Å². The summed E-state index contributed by atoms with van der Waals surface area (Å²) in [7, 11) is 0. The molecule has 3 nitrogen and oxygen atoms in total. The fraction of sp³-hybridized carbons (Fsp3) is 0.462. The number of rotatable bonds is 5. The molecular formula is C13H16Cl2F2N2O. The number of alkyl halides is 2. The van der Waals surface area contributed by atoms with Gasteiger partial charge in [-0.1, -0.05) is 23.7 Å². The van der Waals surface area contributed by atoms with Crippen LogP contribution in [0.3, 0.4) is 0 Å². The fourth-order valence-corrected chi connectivity index (χ4v) is 2.12. The Morgan fingerprint density at radius 2 is 1.90 bits per heavy atom. The summed E-state index contributed by atoms with van der Waals surface area (Å²) in [6.45, 7) is -1.50. The van der Waals surface area contributed by atoms with Crippen molar-refractivity contribution < 1.29 is 13.6 Å². The Bertz CT molecular complexity index is 476. The number of carbonyl (C=O) groups excluding carboxylic acids is 1. The zero-order valence-corrected chi connectivity index (χ0v) is 12.2. The van der Waals surface area contributed by atoms with E-state index in [4.69, 9.17) is 17.3 Å². The Morgan fingerprint density at radius 1 is 1.35 bits per heavy atom. The van der Waals surface area contributed by atoms with E-state index < -0.39 is 24.4 Å². The highest BCUT2D eigenvalue weighted by Gasteiger charge is 2.51. The van der Waals surface area contributed by atoms with Crippen LogP contribution in [0, 0.1) is 0 Å². The van der Waals surface area contributed by atoms with E-state index in [1.54, 1.807) is 24.3 Å². The lowest BCUT2D eigenvalue weighted by atomic mass is 9.95. The van der Waals surface area contributed by atoms with Gasteiger partial charge in [0.2, 0.25) is 5.91 Å². The Kier molecular flexibility index (Phi) is 5.35. The van der Waals surface area contributed by atoms with E-state index in [1.165, 1.54) is 0 Å². The molecule has 1 aliphatic rings. The maximum absolute atomic E-state index is 13.0. The summed E-state index contributed by atoms with van der Waals surface area (Å²) in [5.74, 6) is -3.44. The molecule has 20 heavy (non-hydrogen) atoms. The van der Waals surface area contributed by atoms with Gasteiger partial charge in [0.05, 0.1) is 18.5 Å². The Hall–Kier alpha value is -0.910. The lowest BCUT2D eigenvalue weighted by molar-refractivity contribution is -0.125. The van der Waals surface area contributed by atoms with Crippen LogP contribution in [0.4, 0.5) is 8.78 Å². The number of hydrogen-bond donors (Lipinski definition) is 2. The van der Waals surface area contributed by atoms with Crippen LogP contribution >= 0.6 is 24.0 Å². The van der Waals surface area contributed by atoms with Gasteiger partial charge < -0.3 is 11.1 Å². The molecular weight excluding hydrogens is 309 g/mol. The lowest BCUT2D eigenvalue weighted by Crippen LogP contribution is -2.45. The SMILES string of the molecule is Cl.NCC(F)(F)CNC(=O)C1(c2ccc(Cl)cc2)CC1. The van der Waals surface area contributed by atoms with E-state index in [0.717, 1.165) is 5.56 Å². The second kappa shape index (κ2) is 6.24. The van der Waals surface area contributed by atoms with Crippen LogP contribution in [0.2, 0.25) is 5.02 Å². The van der Waals surface area contributed by atoms with Gasteiger partial charge in [-0.3, -0.25) is 4.79 Å². The maximum Gasteiger partial charge on any atom is 0.277 e. The van der Waals surface area contributed by atoms with Crippen molar-refractivity contribution in [2.75, 3.05) is 13.1 Å². The van der Waals surface area contributed by atoms with Crippen LogP contribution in [0.1, 0.15) is 18.4 Å². The normalized spacial score (nSPS) is 16.2. The minimum absolute atomic E-state index is 0. The first-order chi connectivity index (χ1) is 8.89. The van der Waals surface area contributed by atoms with Gasteiger partial charge in [-0.05, 0) is 30.5 Å². The quantitative estimate of drug-likeness (QED) is 0.874. The van der Waals surface area contributed by atoms with Crippen molar-refractivity contribution in [2.45, 2.75) is 24.2 Å². The van der Waals surface area contributed by atoms with Crippen LogP contribution in [-0.4, -0.2) is 24.9 Å². The molecule has 1 aromatic carbocycles. The van der Waals surface area contributed by atoms with E-state index in [-0.39, 0.29) is 18.3 Å². The highest BCUT2D eigenvalue weighted by atomic mass is 35.5. The lowest BCUT2D eigenvalue weighted by Gasteiger charge is -2.19. The molecule has 0 saturated heterocycles. The first-order valence-electron chi connectivity index (χ1n) is 6.02. The number of nitrogens with one attached hydrogen (secondary N) is 1. The standard InChI is InChI=1S/C13H15ClF2N2O.ClH/c14-10-3-1-9(2-4-10)12(5-6-12)11(19)18-8-13(15,16)7-17;/h1-4H,5-8,17H2,(H,18,19);1H. The van der Waals surface area contributed by atoms with Crippen molar-refractivity contribution >= 4 is 29.9 Å². The van der Waals surface area contributed by atoms with Crippen molar-refractivity contribution in [3.63, 3.8) is 0 Å². The van der Waals surface area contributed by atoms with Gasteiger partial charge in [-0.25, -0.2) is 8.78 Å². The van der Waals surface area contributed by atoms with Gasteiger partial charge in [0, 0.05) is 5.02 Å². The molecule has 0 aromatic heterocycles. The van der Waals surface area contributed by atoms with E-state index in [1.807, 2.05) is 0 Å². The fourth-order valence-electron chi connectivity index (χ4n) is 1.99. The molecule has 2 rings (SSSR count). The molecule has 112 valence electrons. The molecule has 1 amide bonds. The van der Waals surface area contributed by atoms with E-state index >= 15 is 0 Å². The average molecular weight is 325 g/mol. The smallest absolute Gasteiger partial charge is 0.277 e. The summed E-state index contributed by atoms with van der Waals surface area (Å²) in [6, 6.07) is 6.91. The van der Waals surface area contributed by atoms with Crippen molar-refractivity contribution in [2.24, 2.45) is 5.73 Å². The molecule has 1 saturated carbocycles. The van der Waals surface area contributed by atoms with Gasteiger partial charge >= 0.3 is 0 Å². The van der Waals surface area contributed by atoms with Crippen LogP contribution in [0.15, 0.2) is 24.3 Å². The van der Waals surface area contributed by atoms with Gasteiger partial charge in [0.25, 0.3) is 5.92 Å². The predicted octanol–water partition coefficient (Wildman–Crippen LogP) is 2.50. The van der Waals surface area contributed by atoms with Crippen molar-refractivity contribution in [1.29, 1.82) is 0 Å². The van der Waals surface area contributed by atoms with Crippen LogP contribution in [0.25, 0.3) is 0 Å². The molecule has 0 heterocycles. The molecule has 3 N–H and O–H groups in total. The molecule has 0 radical (unpaired) electrons. The van der Waals surface area contributed by atoms with Crippen molar-refractivity contribution in [3.8, 4) is 0 Å². The van der Waals surface area contributed by atoms with Crippen LogP contribution < -0.4 is 11.1 Å². The summed E-state index contributed by atoms with van der Waals surface area (Å²) < 4.78 is 26.0. The Labute approximate surface area is 127 Å². The number of amides is 1. The van der Waals surface area contributed by atoms with Gasteiger partial charge in [-0.15, -0.1) is 12.4 Å². The van der Waals surface area contributed by atoms with E-state index in [2.05, 4.69) is 5.32 Å². The summed E-state index contributed by atoms with van der Waals surface area (Å²) in [6.07, 6.45) is 1.32. The molecule has 0 aliphatic heterocycles. The van der Waals surface area contributed by atoms with Crippen LogP contribution in [0.5, 0.6) is 0 Å². The molecule has 1 aliphatic carbocycles. The first-order valence-corrected chi connectivity index (χ1v) is 6.40. The predicted molar refractivity (Wildman–Crippen MR) is 76.6 cm³/mol. The second-order valence-electron chi connectivity index (χ2n) is 4.83. The molecule has 0 unspecified atom stereocenters.